The van der Waals surface area contributed by atoms with E-state index in [0.717, 1.165) is 24.8 Å². The van der Waals surface area contributed by atoms with Crippen LogP contribution in [0.1, 0.15) is 93.9 Å². The minimum atomic E-state index is -1.16. The van der Waals surface area contributed by atoms with E-state index in [1.807, 2.05) is 64.9 Å². The van der Waals surface area contributed by atoms with Gasteiger partial charge in [-0.05, 0) is 50.9 Å². The molecule has 2 N–H and O–H groups in total. The highest BCUT2D eigenvalue weighted by atomic mass is 32.2. The summed E-state index contributed by atoms with van der Waals surface area (Å²) >= 11 is 1.42. The first kappa shape index (κ1) is 29.8. The third kappa shape index (κ3) is 7.89. The molecule has 1 heterocycles. The summed E-state index contributed by atoms with van der Waals surface area (Å²) in [6.45, 7) is 8.62. The molecule has 1 atom stereocenters. The Morgan fingerprint density at radius 3 is 2.37 bits per heavy atom. The molecule has 1 fully saturated rings. The van der Waals surface area contributed by atoms with Crippen molar-refractivity contribution in [2.45, 2.75) is 94.7 Å². The number of imide groups is 1. The SMILES string of the molecule is CC(C)CC(C(=O)NC(=O)C1(NC(=O)c2ccccc2CN(C)C)CCCCC1)c1nnc(SC(C)C)o1. The van der Waals surface area contributed by atoms with Gasteiger partial charge in [0, 0.05) is 17.4 Å². The largest absolute Gasteiger partial charge is 0.415 e. The van der Waals surface area contributed by atoms with Crippen molar-refractivity contribution in [3.8, 4) is 0 Å². The summed E-state index contributed by atoms with van der Waals surface area (Å²) in [5, 5.41) is 14.5. The van der Waals surface area contributed by atoms with E-state index in [0.29, 0.717) is 36.6 Å². The van der Waals surface area contributed by atoms with Gasteiger partial charge in [0.05, 0.1) is 0 Å². The average molecular weight is 544 g/mol. The van der Waals surface area contributed by atoms with Crippen molar-refractivity contribution >= 4 is 29.5 Å². The molecule has 3 amide bonds. The lowest BCUT2D eigenvalue weighted by atomic mass is 9.80. The van der Waals surface area contributed by atoms with Gasteiger partial charge in [-0.25, -0.2) is 0 Å². The Kier molecular flexibility index (Phi) is 10.5. The van der Waals surface area contributed by atoms with Gasteiger partial charge in [-0.3, -0.25) is 19.7 Å². The quantitative estimate of drug-likeness (QED) is 0.397. The van der Waals surface area contributed by atoms with Crippen LogP contribution in [0, 0.1) is 5.92 Å². The highest BCUT2D eigenvalue weighted by molar-refractivity contribution is 7.99. The molecule has 0 saturated heterocycles. The van der Waals surface area contributed by atoms with Gasteiger partial charge in [0.2, 0.25) is 11.8 Å². The lowest BCUT2D eigenvalue weighted by Crippen LogP contribution is -2.61. The molecule has 2 aromatic rings. The first-order chi connectivity index (χ1) is 18.0. The van der Waals surface area contributed by atoms with Crippen molar-refractivity contribution in [3.05, 3.63) is 41.3 Å². The summed E-state index contributed by atoms with van der Waals surface area (Å²) in [4.78, 5) is 42.6. The van der Waals surface area contributed by atoms with E-state index in [1.165, 1.54) is 11.8 Å². The van der Waals surface area contributed by atoms with Crippen LogP contribution in [0.25, 0.3) is 0 Å². The Morgan fingerprint density at radius 1 is 1.05 bits per heavy atom. The predicted octanol–water partition coefficient (Wildman–Crippen LogP) is 4.54. The molecule has 9 nitrogen and oxygen atoms in total. The van der Waals surface area contributed by atoms with Crippen LogP contribution in [0.4, 0.5) is 0 Å². The molecule has 0 radical (unpaired) electrons. The topological polar surface area (TPSA) is 117 Å². The maximum absolute atomic E-state index is 13.7. The van der Waals surface area contributed by atoms with Crippen molar-refractivity contribution in [2.24, 2.45) is 5.92 Å². The zero-order valence-corrected chi connectivity index (χ0v) is 24.2. The van der Waals surface area contributed by atoms with Crippen LogP contribution in [0.5, 0.6) is 0 Å². The van der Waals surface area contributed by atoms with Crippen molar-refractivity contribution in [1.29, 1.82) is 0 Å². The van der Waals surface area contributed by atoms with Gasteiger partial charge in [0.25, 0.3) is 17.0 Å². The average Bonchev–Trinajstić information content (AvgIpc) is 3.30. The molecule has 0 spiro atoms. The zero-order valence-electron chi connectivity index (χ0n) is 23.4. The summed E-state index contributed by atoms with van der Waals surface area (Å²) in [7, 11) is 3.88. The van der Waals surface area contributed by atoms with Crippen LogP contribution in [0.2, 0.25) is 0 Å². The monoisotopic (exact) mass is 543 g/mol. The van der Waals surface area contributed by atoms with E-state index >= 15 is 0 Å². The molecule has 1 aromatic carbocycles. The summed E-state index contributed by atoms with van der Waals surface area (Å²) in [5.74, 6) is -1.67. The summed E-state index contributed by atoms with van der Waals surface area (Å²) in [6.07, 6.45) is 3.94. The van der Waals surface area contributed by atoms with Crippen LogP contribution in [0.15, 0.2) is 33.9 Å². The number of benzene rings is 1. The van der Waals surface area contributed by atoms with Gasteiger partial charge >= 0.3 is 0 Å². The first-order valence-corrected chi connectivity index (χ1v) is 14.3. The second-order valence-electron chi connectivity index (χ2n) is 11.1. The van der Waals surface area contributed by atoms with E-state index in [4.69, 9.17) is 4.42 Å². The van der Waals surface area contributed by atoms with E-state index < -0.39 is 23.3 Å². The lowest BCUT2D eigenvalue weighted by molar-refractivity contribution is -0.136. The summed E-state index contributed by atoms with van der Waals surface area (Å²) in [5.41, 5.74) is 0.247. The predicted molar refractivity (Wildman–Crippen MR) is 148 cm³/mol. The molecule has 38 heavy (non-hydrogen) atoms. The number of rotatable bonds is 11. The molecule has 1 unspecified atom stereocenters. The lowest BCUT2D eigenvalue weighted by Gasteiger charge is -2.36. The Bertz CT molecular complexity index is 1110. The minimum Gasteiger partial charge on any atom is -0.415 e. The van der Waals surface area contributed by atoms with Gasteiger partial charge in [0.1, 0.15) is 11.5 Å². The fourth-order valence-corrected chi connectivity index (χ4v) is 5.41. The second-order valence-corrected chi connectivity index (χ2v) is 12.6. The number of aromatic nitrogens is 2. The number of thioether (sulfide) groups is 1. The zero-order chi connectivity index (χ0) is 27.9. The summed E-state index contributed by atoms with van der Waals surface area (Å²) in [6, 6.07) is 7.40. The maximum atomic E-state index is 13.7. The molecular formula is C28H41N5O4S. The third-order valence-corrected chi connectivity index (χ3v) is 7.40. The number of carbonyl (C=O) groups is 3. The molecule has 3 rings (SSSR count). The molecule has 1 saturated carbocycles. The first-order valence-electron chi connectivity index (χ1n) is 13.4. The Morgan fingerprint density at radius 2 is 1.74 bits per heavy atom. The highest BCUT2D eigenvalue weighted by Gasteiger charge is 2.43. The Balaban J connectivity index is 1.82. The molecule has 1 aliphatic rings. The smallest absolute Gasteiger partial charge is 0.276 e. The molecular weight excluding hydrogens is 502 g/mol. The number of amides is 3. The van der Waals surface area contributed by atoms with Crippen molar-refractivity contribution in [3.63, 3.8) is 0 Å². The minimum absolute atomic E-state index is 0.158. The van der Waals surface area contributed by atoms with Crippen molar-refractivity contribution in [2.75, 3.05) is 14.1 Å². The highest BCUT2D eigenvalue weighted by Crippen LogP contribution is 2.31. The second kappa shape index (κ2) is 13.4. The van der Waals surface area contributed by atoms with Gasteiger partial charge in [-0.1, -0.05) is 76.9 Å². The Hall–Kier alpha value is -2.72. The summed E-state index contributed by atoms with van der Waals surface area (Å²) < 4.78 is 5.79. The van der Waals surface area contributed by atoms with Crippen molar-refractivity contribution in [1.82, 2.24) is 25.7 Å². The van der Waals surface area contributed by atoms with Crippen LogP contribution < -0.4 is 10.6 Å². The number of hydrogen-bond donors (Lipinski definition) is 2. The number of hydrogen-bond acceptors (Lipinski definition) is 8. The van der Waals surface area contributed by atoms with E-state index in [9.17, 15) is 14.4 Å². The van der Waals surface area contributed by atoms with Crippen molar-refractivity contribution < 1.29 is 18.8 Å². The van der Waals surface area contributed by atoms with Crippen LogP contribution in [0.3, 0.4) is 0 Å². The van der Waals surface area contributed by atoms with Gasteiger partial charge in [-0.2, -0.15) is 0 Å². The van der Waals surface area contributed by atoms with E-state index in [2.05, 4.69) is 20.8 Å². The molecule has 10 heteroatoms. The number of carbonyl (C=O) groups excluding carboxylic acids is 3. The number of nitrogens with zero attached hydrogens (tertiary/aromatic N) is 3. The third-order valence-electron chi connectivity index (χ3n) is 6.56. The van der Waals surface area contributed by atoms with E-state index in [-0.39, 0.29) is 23.0 Å². The van der Waals surface area contributed by atoms with Crippen LogP contribution in [-0.2, 0) is 16.1 Å². The fraction of sp³-hybridized carbons (Fsp3) is 0.607. The van der Waals surface area contributed by atoms with Gasteiger partial charge < -0.3 is 14.6 Å². The number of nitrogens with one attached hydrogen (secondary N) is 2. The molecule has 1 aliphatic carbocycles. The van der Waals surface area contributed by atoms with Crippen LogP contribution >= 0.6 is 11.8 Å². The Labute approximate surface area is 229 Å². The molecule has 0 bridgehead atoms. The fourth-order valence-electron chi connectivity index (χ4n) is 4.79. The van der Waals surface area contributed by atoms with E-state index in [1.54, 1.807) is 6.07 Å². The molecule has 0 aliphatic heterocycles. The molecule has 1 aromatic heterocycles. The normalized spacial score (nSPS) is 16.0. The standard InChI is InChI=1S/C28H41N5O4S/c1-18(2)16-22(25-31-32-27(37-25)38-19(3)4)23(34)29-26(36)28(14-10-7-11-15-28)30-24(35)21-13-9-8-12-20(21)17-33(5)6/h8-9,12-13,18-19,22H,7,10-11,14-17H2,1-6H3,(H,30,35)(H,29,34,36). The van der Waals surface area contributed by atoms with Crippen LogP contribution in [-0.4, -0.2) is 57.7 Å². The van der Waals surface area contributed by atoms with Gasteiger partial charge in [0.15, 0.2) is 0 Å². The molecule has 208 valence electrons. The maximum Gasteiger partial charge on any atom is 0.276 e. The van der Waals surface area contributed by atoms with Gasteiger partial charge in [-0.15, -0.1) is 10.2 Å².